The number of amides is 2. The Hall–Kier alpha value is -2.46. The second-order valence-electron chi connectivity index (χ2n) is 6.45. The van der Waals surface area contributed by atoms with E-state index in [1.807, 2.05) is 12.2 Å². The smallest absolute Gasteiger partial charge is 0.277 e. The maximum Gasteiger partial charge on any atom is 0.277 e. The third-order valence-corrected chi connectivity index (χ3v) is 5.05. The van der Waals surface area contributed by atoms with Crippen LogP contribution in [0.4, 0.5) is 0 Å². The summed E-state index contributed by atoms with van der Waals surface area (Å²) in [6, 6.07) is 6.71. The van der Waals surface area contributed by atoms with Crippen LogP contribution in [0, 0.1) is 5.92 Å². The van der Waals surface area contributed by atoms with Gasteiger partial charge in [-0.05, 0) is 61.6 Å². The zero-order valence-electron chi connectivity index (χ0n) is 13.6. The quantitative estimate of drug-likeness (QED) is 0.830. The van der Waals surface area contributed by atoms with Crippen LogP contribution in [-0.4, -0.2) is 17.5 Å². The van der Waals surface area contributed by atoms with E-state index in [0.29, 0.717) is 16.3 Å². The van der Waals surface area contributed by atoms with Crippen molar-refractivity contribution in [1.82, 2.24) is 5.32 Å². The van der Waals surface area contributed by atoms with Crippen LogP contribution in [-0.2, 0) is 4.79 Å². The van der Waals surface area contributed by atoms with E-state index in [4.69, 9.17) is 11.6 Å². The monoisotopic (exact) mass is 352 g/mol. The molecule has 4 rings (SSSR count). The first-order valence-corrected chi connectivity index (χ1v) is 8.81. The van der Waals surface area contributed by atoms with E-state index in [0.717, 1.165) is 37.0 Å². The van der Waals surface area contributed by atoms with Gasteiger partial charge in [0, 0.05) is 27.8 Å². The second kappa shape index (κ2) is 6.45. The number of rotatable bonds is 1. The van der Waals surface area contributed by atoms with E-state index in [9.17, 15) is 9.59 Å². The molecular weight excluding hydrogens is 336 g/mol. The number of nitrogens with one attached hydrogen (secondary N) is 1. The normalized spacial score (nSPS) is 23.7. The van der Waals surface area contributed by atoms with Crippen molar-refractivity contribution >= 4 is 29.1 Å². The van der Waals surface area contributed by atoms with Gasteiger partial charge in [-0.1, -0.05) is 23.7 Å². The molecule has 2 aliphatic carbocycles. The van der Waals surface area contributed by atoms with Crippen LogP contribution in [0.2, 0.25) is 5.02 Å². The number of aliphatic imine (C=N–C) groups is 1. The zero-order chi connectivity index (χ0) is 17.4. The number of fused-ring (bicyclic) bond motifs is 2. The van der Waals surface area contributed by atoms with E-state index in [1.165, 1.54) is 5.57 Å². The number of carbonyl (C=O) groups excluding carboxylic acids is 2. The second-order valence-corrected chi connectivity index (χ2v) is 6.89. The molecule has 0 fully saturated rings. The van der Waals surface area contributed by atoms with Gasteiger partial charge in [0.15, 0.2) is 0 Å². The average Bonchev–Trinajstić information content (AvgIpc) is 2.62. The van der Waals surface area contributed by atoms with Crippen LogP contribution in [0.25, 0.3) is 0 Å². The Balaban J connectivity index is 1.63. The van der Waals surface area contributed by atoms with Crippen molar-refractivity contribution in [2.24, 2.45) is 10.9 Å². The molecule has 0 bridgehead atoms. The molecule has 0 saturated carbocycles. The molecule has 1 aromatic carbocycles. The number of hydrogen-bond donors (Lipinski definition) is 1. The SMILES string of the molecule is O=C1NC2=CC(=NC(=O)c3cccc(Cl)c3)C=CC2C2=C1CCCC2. The molecule has 0 aromatic heterocycles. The summed E-state index contributed by atoms with van der Waals surface area (Å²) in [5.41, 5.74) is 3.95. The first kappa shape index (κ1) is 16.0. The van der Waals surface area contributed by atoms with Gasteiger partial charge in [0.1, 0.15) is 0 Å². The number of halogens is 1. The standard InChI is InChI=1S/C20H17ClN2O2/c21-13-5-3-4-12(10-13)19(24)22-14-8-9-16-15-6-1-2-7-17(15)20(25)23-18(16)11-14/h3-5,8-11,16H,1-2,6-7H2,(H,23,25). The molecule has 0 radical (unpaired) electrons. The van der Waals surface area contributed by atoms with Crippen molar-refractivity contribution < 1.29 is 9.59 Å². The molecule has 1 N–H and O–H groups in total. The minimum absolute atomic E-state index is 0.00647. The Labute approximate surface area is 151 Å². The lowest BCUT2D eigenvalue weighted by molar-refractivity contribution is -0.117. The van der Waals surface area contributed by atoms with Crippen LogP contribution in [0.1, 0.15) is 36.0 Å². The van der Waals surface area contributed by atoms with Crippen LogP contribution >= 0.6 is 11.6 Å². The molecule has 1 heterocycles. The van der Waals surface area contributed by atoms with Gasteiger partial charge in [-0.3, -0.25) is 9.59 Å². The van der Waals surface area contributed by atoms with Gasteiger partial charge < -0.3 is 5.32 Å². The lowest BCUT2D eigenvalue weighted by Crippen LogP contribution is -2.37. The lowest BCUT2D eigenvalue weighted by atomic mass is 9.77. The first-order chi connectivity index (χ1) is 12.1. The molecule has 4 nitrogen and oxygen atoms in total. The highest BCUT2D eigenvalue weighted by molar-refractivity contribution is 6.31. The van der Waals surface area contributed by atoms with E-state index in [-0.39, 0.29) is 17.7 Å². The molecule has 5 heteroatoms. The first-order valence-electron chi connectivity index (χ1n) is 8.43. The maximum atomic E-state index is 12.3. The summed E-state index contributed by atoms with van der Waals surface area (Å²) in [5, 5.41) is 3.47. The zero-order valence-corrected chi connectivity index (χ0v) is 14.3. The van der Waals surface area contributed by atoms with E-state index in [1.54, 1.807) is 30.3 Å². The van der Waals surface area contributed by atoms with E-state index < -0.39 is 0 Å². The molecule has 1 atom stereocenters. The van der Waals surface area contributed by atoms with Crippen LogP contribution < -0.4 is 5.32 Å². The predicted molar refractivity (Wildman–Crippen MR) is 97.6 cm³/mol. The molecule has 2 amide bonds. The Bertz CT molecular complexity index is 893. The molecule has 3 aliphatic rings. The minimum atomic E-state index is -0.350. The third-order valence-electron chi connectivity index (χ3n) is 4.82. The summed E-state index contributed by atoms with van der Waals surface area (Å²) in [6.07, 6.45) is 9.69. The summed E-state index contributed by atoms with van der Waals surface area (Å²) < 4.78 is 0. The van der Waals surface area contributed by atoms with Gasteiger partial charge in [-0.25, -0.2) is 4.99 Å². The van der Waals surface area contributed by atoms with Crippen molar-refractivity contribution in [3.63, 3.8) is 0 Å². The minimum Gasteiger partial charge on any atom is -0.325 e. The molecule has 0 saturated heterocycles. The highest BCUT2D eigenvalue weighted by atomic mass is 35.5. The van der Waals surface area contributed by atoms with Crippen LogP contribution in [0.3, 0.4) is 0 Å². The molecular formula is C20H17ClN2O2. The summed E-state index contributed by atoms with van der Waals surface area (Å²) in [4.78, 5) is 28.8. The number of carbonyl (C=O) groups is 2. The number of nitrogens with zero attached hydrogens (tertiary/aromatic N) is 1. The van der Waals surface area contributed by atoms with Crippen molar-refractivity contribution in [3.8, 4) is 0 Å². The van der Waals surface area contributed by atoms with Crippen molar-refractivity contribution in [1.29, 1.82) is 0 Å². The Kier molecular flexibility index (Phi) is 4.14. The Morgan fingerprint density at radius 1 is 1.24 bits per heavy atom. The molecule has 0 spiro atoms. The Morgan fingerprint density at radius 3 is 2.92 bits per heavy atom. The average molecular weight is 353 g/mol. The lowest BCUT2D eigenvalue weighted by Gasteiger charge is -2.33. The number of allylic oxidation sites excluding steroid dienone is 3. The fourth-order valence-electron chi connectivity index (χ4n) is 3.62. The predicted octanol–water partition coefficient (Wildman–Crippen LogP) is 3.99. The van der Waals surface area contributed by atoms with Gasteiger partial charge in [-0.15, -0.1) is 0 Å². The highest BCUT2D eigenvalue weighted by Crippen LogP contribution is 2.38. The fraction of sp³-hybridized carbons (Fsp3) is 0.250. The van der Waals surface area contributed by atoms with Crippen LogP contribution in [0.15, 0.2) is 64.3 Å². The summed E-state index contributed by atoms with van der Waals surface area (Å²) in [6.45, 7) is 0. The van der Waals surface area contributed by atoms with Gasteiger partial charge in [-0.2, -0.15) is 0 Å². The number of benzene rings is 1. The molecule has 1 unspecified atom stereocenters. The molecule has 1 aromatic rings. The van der Waals surface area contributed by atoms with Crippen molar-refractivity contribution in [3.05, 3.63) is 69.9 Å². The van der Waals surface area contributed by atoms with Crippen molar-refractivity contribution in [2.45, 2.75) is 25.7 Å². The molecule has 126 valence electrons. The van der Waals surface area contributed by atoms with Gasteiger partial charge >= 0.3 is 0 Å². The summed E-state index contributed by atoms with van der Waals surface area (Å²) in [7, 11) is 0. The van der Waals surface area contributed by atoms with Gasteiger partial charge in [0.2, 0.25) is 0 Å². The Morgan fingerprint density at radius 2 is 2.08 bits per heavy atom. The van der Waals surface area contributed by atoms with Gasteiger partial charge in [0.05, 0.1) is 5.71 Å². The molecule has 1 aliphatic heterocycles. The highest BCUT2D eigenvalue weighted by Gasteiger charge is 2.33. The summed E-state index contributed by atoms with van der Waals surface area (Å²) in [5.74, 6) is -0.251. The van der Waals surface area contributed by atoms with Gasteiger partial charge in [0.25, 0.3) is 11.8 Å². The maximum absolute atomic E-state index is 12.3. The van der Waals surface area contributed by atoms with Crippen LogP contribution in [0.5, 0.6) is 0 Å². The fourth-order valence-corrected chi connectivity index (χ4v) is 3.81. The molecule has 25 heavy (non-hydrogen) atoms. The topological polar surface area (TPSA) is 58.5 Å². The summed E-state index contributed by atoms with van der Waals surface area (Å²) >= 11 is 5.92. The third kappa shape index (κ3) is 3.10. The van der Waals surface area contributed by atoms with E-state index in [2.05, 4.69) is 10.3 Å². The largest absolute Gasteiger partial charge is 0.325 e. The number of hydrogen-bond acceptors (Lipinski definition) is 2. The van der Waals surface area contributed by atoms with E-state index >= 15 is 0 Å². The van der Waals surface area contributed by atoms with Crippen molar-refractivity contribution in [2.75, 3.05) is 0 Å².